The second kappa shape index (κ2) is 4.83. The molecule has 0 bridgehead atoms. The van der Waals surface area contributed by atoms with E-state index in [2.05, 4.69) is 0 Å². The number of phenolic OH excluding ortho intramolecular Hbond substituents is 2. The first kappa shape index (κ1) is 12.3. The summed E-state index contributed by atoms with van der Waals surface area (Å²) in [5, 5.41) is 26.8. The highest BCUT2D eigenvalue weighted by molar-refractivity contribution is 5.69. The summed E-state index contributed by atoms with van der Waals surface area (Å²) in [4.78, 5) is 10.5. The molecular formula is C11H13FO4. The number of benzene rings is 1. The lowest BCUT2D eigenvalue weighted by atomic mass is 9.99. The van der Waals surface area contributed by atoms with Crippen molar-refractivity contribution in [3.05, 3.63) is 23.8 Å². The largest absolute Gasteiger partial charge is 0.504 e. The van der Waals surface area contributed by atoms with E-state index in [0.29, 0.717) is 0 Å². The quantitative estimate of drug-likeness (QED) is 0.690. The molecule has 0 saturated carbocycles. The average Bonchev–Trinajstić information content (AvgIpc) is 2.21. The fourth-order valence-corrected chi connectivity index (χ4v) is 1.28. The zero-order valence-electron chi connectivity index (χ0n) is 8.72. The van der Waals surface area contributed by atoms with Gasteiger partial charge < -0.3 is 15.3 Å². The van der Waals surface area contributed by atoms with E-state index >= 15 is 0 Å². The van der Waals surface area contributed by atoms with Gasteiger partial charge >= 0.3 is 5.97 Å². The molecule has 1 aromatic carbocycles. The fraction of sp³-hybridized carbons (Fsp3) is 0.364. The van der Waals surface area contributed by atoms with Crippen LogP contribution in [0.15, 0.2) is 18.2 Å². The fourth-order valence-electron chi connectivity index (χ4n) is 1.28. The van der Waals surface area contributed by atoms with E-state index in [-0.39, 0.29) is 17.7 Å². The van der Waals surface area contributed by atoms with Gasteiger partial charge in [0.2, 0.25) is 0 Å². The van der Waals surface area contributed by atoms with Crippen molar-refractivity contribution in [2.24, 2.45) is 5.92 Å². The smallest absolute Gasteiger partial charge is 0.306 e. The molecule has 5 heteroatoms. The van der Waals surface area contributed by atoms with Crippen molar-refractivity contribution in [2.45, 2.75) is 19.5 Å². The molecular weight excluding hydrogens is 215 g/mol. The Kier molecular flexibility index (Phi) is 3.71. The van der Waals surface area contributed by atoms with E-state index in [1.54, 1.807) is 0 Å². The number of hydrogen-bond donors (Lipinski definition) is 3. The van der Waals surface area contributed by atoms with Gasteiger partial charge in [0.05, 0.1) is 5.92 Å². The third-order valence-electron chi connectivity index (χ3n) is 2.34. The highest BCUT2D eigenvalue weighted by Crippen LogP contribution is 2.32. The maximum atomic E-state index is 13.6. The molecule has 0 aliphatic heterocycles. The number of aromatic hydroxyl groups is 2. The second-order valence-corrected chi connectivity index (χ2v) is 3.69. The van der Waals surface area contributed by atoms with Crippen LogP contribution in [0.3, 0.4) is 0 Å². The van der Waals surface area contributed by atoms with Crippen LogP contribution < -0.4 is 0 Å². The molecule has 4 nitrogen and oxygen atoms in total. The first-order valence-electron chi connectivity index (χ1n) is 4.80. The molecule has 0 amide bonds. The Morgan fingerprint density at radius 2 is 2.00 bits per heavy atom. The summed E-state index contributed by atoms with van der Waals surface area (Å²) in [7, 11) is 0. The molecule has 1 rings (SSSR count). The summed E-state index contributed by atoms with van der Waals surface area (Å²) in [6.45, 7) is 1.41. The van der Waals surface area contributed by atoms with Crippen LogP contribution >= 0.6 is 0 Å². The Morgan fingerprint density at radius 1 is 1.38 bits per heavy atom. The van der Waals surface area contributed by atoms with Gasteiger partial charge in [0.1, 0.15) is 6.17 Å². The summed E-state index contributed by atoms with van der Waals surface area (Å²) in [6, 6.07) is 3.57. The maximum absolute atomic E-state index is 13.6. The van der Waals surface area contributed by atoms with E-state index in [1.807, 2.05) is 0 Å². The van der Waals surface area contributed by atoms with E-state index in [4.69, 9.17) is 15.3 Å². The predicted octanol–water partition coefficient (Wildman–Crippen LogP) is 2.22. The molecule has 0 saturated heterocycles. The summed E-state index contributed by atoms with van der Waals surface area (Å²) in [6.07, 6.45) is -1.64. The van der Waals surface area contributed by atoms with Gasteiger partial charge in [0.25, 0.3) is 0 Å². The van der Waals surface area contributed by atoms with Crippen molar-refractivity contribution in [1.82, 2.24) is 0 Å². The number of hydrogen-bond acceptors (Lipinski definition) is 3. The second-order valence-electron chi connectivity index (χ2n) is 3.69. The lowest BCUT2D eigenvalue weighted by molar-refractivity contribution is -0.141. The third-order valence-corrected chi connectivity index (χ3v) is 2.34. The third kappa shape index (κ3) is 2.85. The van der Waals surface area contributed by atoms with Crippen LogP contribution in [0.4, 0.5) is 4.39 Å². The molecule has 0 aliphatic rings. The van der Waals surface area contributed by atoms with Crippen LogP contribution in [0.2, 0.25) is 0 Å². The number of aliphatic carboxylic acids is 1. The molecule has 88 valence electrons. The summed E-state index contributed by atoms with van der Waals surface area (Å²) >= 11 is 0. The molecule has 3 N–H and O–H groups in total. The van der Waals surface area contributed by atoms with Crippen LogP contribution in [0.1, 0.15) is 25.1 Å². The molecule has 0 radical (unpaired) electrons. The number of phenols is 2. The molecule has 0 spiro atoms. The van der Waals surface area contributed by atoms with Gasteiger partial charge in [-0.3, -0.25) is 4.79 Å². The Balaban J connectivity index is 2.76. The molecule has 0 heterocycles. The Hall–Kier alpha value is -1.78. The first-order chi connectivity index (χ1) is 7.41. The molecule has 0 aromatic heterocycles. The van der Waals surface area contributed by atoms with E-state index in [0.717, 1.165) is 6.07 Å². The minimum Gasteiger partial charge on any atom is -0.504 e. The van der Waals surface area contributed by atoms with Gasteiger partial charge in [-0.05, 0) is 24.1 Å². The number of carbonyl (C=O) groups is 1. The van der Waals surface area contributed by atoms with Crippen LogP contribution in [0, 0.1) is 5.92 Å². The predicted molar refractivity (Wildman–Crippen MR) is 55.0 cm³/mol. The topological polar surface area (TPSA) is 77.8 Å². The standard InChI is InChI=1S/C11H13FO4/c1-6(11(15)16)4-8(12)7-2-3-9(13)10(14)5-7/h2-3,5-6,8,13-14H,4H2,1H3,(H,15,16)/t6-,8?/m0/s1. The van der Waals surface area contributed by atoms with E-state index in [9.17, 15) is 9.18 Å². The Morgan fingerprint density at radius 3 is 2.50 bits per heavy atom. The molecule has 0 aliphatic carbocycles. The number of alkyl halides is 1. The minimum absolute atomic E-state index is 0.156. The summed E-state index contributed by atoms with van der Waals surface area (Å²) in [5.74, 6) is -2.61. The first-order valence-corrected chi connectivity index (χ1v) is 4.80. The van der Waals surface area contributed by atoms with Crippen molar-refractivity contribution in [3.8, 4) is 11.5 Å². The van der Waals surface area contributed by atoms with Gasteiger partial charge in [-0.2, -0.15) is 0 Å². The zero-order valence-corrected chi connectivity index (χ0v) is 8.72. The number of carboxylic acids is 1. The Labute approximate surface area is 92.0 Å². The van der Waals surface area contributed by atoms with Gasteiger partial charge in [-0.25, -0.2) is 4.39 Å². The van der Waals surface area contributed by atoms with Crippen molar-refractivity contribution >= 4 is 5.97 Å². The molecule has 2 atom stereocenters. The van der Waals surface area contributed by atoms with Gasteiger partial charge in [-0.1, -0.05) is 13.0 Å². The number of halogens is 1. The van der Waals surface area contributed by atoms with Gasteiger partial charge in [0, 0.05) is 0 Å². The maximum Gasteiger partial charge on any atom is 0.306 e. The number of carboxylic acid groups (broad SMARTS) is 1. The van der Waals surface area contributed by atoms with Crippen LogP contribution in [-0.2, 0) is 4.79 Å². The lowest BCUT2D eigenvalue weighted by Gasteiger charge is -2.12. The summed E-state index contributed by atoms with van der Waals surface area (Å²) < 4.78 is 13.6. The minimum atomic E-state index is -1.47. The van der Waals surface area contributed by atoms with Crippen molar-refractivity contribution in [1.29, 1.82) is 0 Å². The number of rotatable bonds is 4. The molecule has 0 fully saturated rings. The van der Waals surface area contributed by atoms with Crippen LogP contribution in [0.25, 0.3) is 0 Å². The Bertz CT molecular complexity index is 392. The summed E-state index contributed by atoms with van der Waals surface area (Å²) in [5.41, 5.74) is 0.156. The van der Waals surface area contributed by atoms with Crippen molar-refractivity contribution < 1.29 is 24.5 Å². The average molecular weight is 228 g/mol. The van der Waals surface area contributed by atoms with Gasteiger partial charge in [0.15, 0.2) is 11.5 Å². The van der Waals surface area contributed by atoms with Gasteiger partial charge in [-0.15, -0.1) is 0 Å². The van der Waals surface area contributed by atoms with E-state index in [1.165, 1.54) is 19.1 Å². The highest BCUT2D eigenvalue weighted by atomic mass is 19.1. The SMILES string of the molecule is C[C@@H](CC(F)c1ccc(O)c(O)c1)C(=O)O. The normalized spacial score (nSPS) is 14.4. The lowest BCUT2D eigenvalue weighted by Crippen LogP contribution is -2.11. The monoisotopic (exact) mass is 228 g/mol. The molecule has 1 unspecified atom stereocenters. The van der Waals surface area contributed by atoms with Crippen LogP contribution in [0.5, 0.6) is 11.5 Å². The molecule has 16 heavy (non-hydrogen) atoms. The van der Waals surface area contributed by atoms with Crippen molar-refractivity contribution in [3.63, 3.8) is 0 Å². The van der Waals surface area contributed by atoms with Crippen LogP contribution in [-0.4, -0.2) is 21.3 Å². The van der Waals surface area contributed by atoms with E-state index < -0.39 is 23.8 Å². The van der Waals surface area contributed by atoms with Crippen molar-refractivity contribution in [2.75, 3.05) is 0 Å². The molecule has 1 aromatic rings. The zero-order chi connectivity index (χ0) is 12.3. The highest BCUT2D eigenvalue weighted by Gasteiger charge is 2.19.